The summed E-state index contributed by atoms with van der Waals surface area (Å²) in [5, 5.41) is 17.4. The SMILES string of the molecule is CC(O)CO.[SiH3]O[SiH2]c1ccccc1. The van der Waals surface area contributed by atoms with Gasteiger partial charge in [0.15, 0.2) is 9.76 Å². The Bertz CT molecular complexity index is 217. The van der Waals surface area contributed by atoms with Crippen LogP contribution in [0.3, 0.4) is 0 Å². The molecule has 1 rings (SSSR count). The van der Waals surface area contributed by atoms with Crippen LogP contribution in [0.2, 0.25) is 0 Å². The van der Waals surface area contributed by atoms with Crippen LogP contribution in [0.5, 0.6) is 0 Å². The predicted octanol–water partition coefficient (Wildman–Crippen LogP) is -1.95. The van der Waals surface area contributed by atoms with Crippen LogP contribution in [0.15, 0.2) is 30.3 Å². The highest BCUT2D eigenvalue weighted by Crippen LogP contribution is 1.79. The molecule has 0 bridgehead atoms. The van der Waals surface area contributed by atoms with Gasteiger partial charge in [-0.2, -0.15) is 0 Å². The fourth-order valence-electron chi connectivity index (χ4n) is 0.741. The number of aliphatic hydroxyl groups is 2. The molecular formula is C9H18O3Si2. The molecule has 1 unspecified atom stereocenters. The van der Waals surface area contributed by atoms with Gasteiger partial charge in [0.1, 0.15) is 10.5 Å². The third kappa shape index (κ3) is 8.15. The van der Waals surface area contributed by atoms with Crippen LogP contribution in [-0.4, -0.2) is 43.2 Å². The van der Waals surface area contributed by atoms with Crippen LogP contribution in [0.4, 0.5) is 0 Å². The standard InChI is InChI=1S/C6H10OSi2.C3H8O2/c8-7-9-6-4-2-1-3-5-6;1-3(5)2-4/h1-5H,9H2,8H3;3-5H,2H2,1H3. The van der Waals surface area contributed by atoms with E-state index in [1.807, 2.05) is 6.07 Å². The van der Waals surface area contributed by atoms with E-state index in [1.165, 1.54) is 12.1 Å². The highest BCUT2D eigenvalue weighted by molar-refractivity contribution is 6.50. The maximum atomic E-state index is 8.11. The topological polar surface area (TPSA) is 49.7 Å². The quantitative estimate of drug-likeness (QED) is 0.594. The Kier molecular flexibility index (Phi) is 8.80. The fourth-order valence-corrected chi connectivity index (χ4v) is 2.54. The molecule has 2 N–H and O–H groups in total. The summed E-state index contributed by atoms with van der Waals surface area (Å²) < 4.78 is 5.21. The van der Waals surface area contributed by atoms with E-state index in [9.17, 15) is 0 Å². The Balaban J connectivity index is 0.000000292. The second-order valence-electron chi connectivity index (χ2n) is 2.95. The molecule has 0 saturated heterocycles. The van der Waals surface area contributed by atoms with E-state index in [4.69, 9.17) is 14.3 Å². The molecule has 0 radical (unpaired) electrons. The molecule has 0 amide bonds. The third-order valence-electron chi connectivity index (χ3n) is 1.42. The Morgan fingerprint density at radius 1 is 1.43 bits per heavy atom. The highest BCUT2D eigenvalue weighted by Gasteiger charge is 1.86. The molecule has 0 saturated carbocycles. The third-order valence-corrected chi connectivity index (χ3v) is 3.38. The lowest BCUT2D eigenvalue weighted by Crippen LogP contribution is -2.14. The van der Waals surface area contributed by atoms with Crippen LogP contribution in [-0.2, 0) is 4.12 Å². The first kappa shape index (κ1) is 13.5. The number of hydrogen-bond acceptors (Lipinski definition) is 3. The molecule has 80 valence electrons. The van der Waals surface area contributed by atoms with E-state index < -0.39 is 6.10 Å². The van der Waals surface area contributed by atoms with Gasteiger partial charge in [-0.05, 0) is 12.1 Å². The fraction of sp³-hybridized carbons (Fsp3) is 0.333. The van der Waals surface area contributed by atoms with E-state index in [0.29, 0.717) is 0 Å². The minimum absolute atomic E-state index is 0.139. The monoisotopic (exact) mass is 230 g/mol. The minimum Gasteiger partial charge on any atom is -0.465 e. The Hall–Kier alpha value is -0.466. The summed E-state index contributed by atoms with van der Waals surface area (Å²) in [6.45, 7) is 1.39. The molecule has 0 aliphatic rings. The molecular weight excluding hydrogens is 212 g/mol. The first-order chi connectivity index (χ1) is 6.70. The molecule has 0 spiro atoms. The van der Waals surface area contributed by atoms with Crippen molar-refractivity contribution in [3.8, 4) is 0 Å². The lowest BCUT2D eigenvalue weighted by Gasteiger charge is -1.94. The van der Waals surface area contributed by atoms with Gasteiger partial charge in [-0.3, -0.25) is 0 Å². The van der Waals surface area contributed by atoms with Gasteiger partial charge in [0.25, 0.3) is 0 Å². The molecule has 14 heavy (non-hydrogen) atoms. The van der Waals surface area contributed by atoms with Crippen LogP contribution in [0.1, 0.15) is 6.92 Å². The van der Waals surface area contributed by atoms with Crippen molar-refractivity contribution in [1.82, 2.24) is 0 Å². The van der Waals surface area contributed by atoms with Crippen LogP contribution < -0.4 is 5.19 Å². The second-order valence-corrected chi connectivity index (χ2v) is 6.36. The largest absolute Gasteiger partial charge is 0.465 e. The Morgan fingerprint density at radius 2 is 1.93 bits per heavy atom. The first-order valence-electron chi connectivity index (χ1n) is 4.52. The zero-order valence-corrected chi connectivity index (χ0v) is 12.1. The van der Waals surface area contributed by atoms with E-state index in [-0.39, 0.29) is 16.4 Å². The lowest BCUT2D eigenvalue weighted by atomic mass is 10.4. The van der Waals surface area contributed by atoms with Crippen molar-refractivity contribution in [2.75, 3.05) is 6.61 Å². The molecule has 1 aromatic carbocycles. The zero-order chi connectivity index (χ0) is 10.8. The Morgan fingerprint density at radius 3 is 2.29 bits per heavy atom. The van der Waals surface area contributed by atoms with Crippen molar-refractivity contribution in [1.29, 1.82) is 0 Å². The molecule has 1 aromatic rings. The van der Waals surface area contributed by atoms with Gasteiger partial charge in [-0.25, -0.2) is 0 Å². The molecule has 3 nitrogen and oxygen atoms in total. The minimum atomic E-state index is -0.560. The molecule has 0 aliphatic heterocycles. The van der Waals surface area contributed by atoms with Gasteiger partial charge < -0.3 is 14.3 Å². The van der Waals surface area contributed by atoms with E-state index in [0.717, 1.165) is 10.5 Å². The van der Waals surface area contributed by atoms with Crippen LogP contribution in [0, 0.1) is 0 Å². The molecule has 0 heterocycles. The molecule has 5 heteroatoms. The summed E-state index contributed by atoms with van der Waals surface area (Å²) in [4.78, 5) is 0. The van der Waals surface area contributed by atoms with E-state index in [2.05, 4.69) is 24.3 Å². The van der Waals surface area contributed by atoms with Crippen molar-refractivity contribution in [3.05, 3.63) is 30.3 Å². The average Bonchev–Trinajstić information content (AvgIpc) is 2.21. The number of benzene rings is 1. The van der Waals surface area contributed by atoms with Gasteiger partial charge in [0.05, 0.1) is 12.7 Å². The number of rotatable bonds is 3. The normalized spacial score (nSPS) is 12.5. The maximum absolute atomic E-state index is 8.11. The zero-order valence-electron chi connectivity index (χ0n) is 8.68. The first-order valence-corrected chi connectivity index (χ1v) is 6.62. The van der Waals surface area contributed by atoms with Gasteiger partial charge in [-0.15, -0.1) is 0 Å². The molecule has 1 atom stereocenters. The summed E-state index contributed by atoms with van der Waals surface area (Å²) in [6, 6.07) is 10.4. The summed E-state index contributed by atoms with van der Waals surface area (Å²) >= 11 is 0. The van der Waals surface area contributed by atoms with Gasteiger partial charge in [0, 0.05) is 0 Å². The van der Waals surface area contributed by atoms with Gasteiger partial charge in [0.2, 0.25) is 0 Å². The van der Waals surface area contributed by atoms with Crippen molar-refractivity contribution >= 4 is 25.4 Å². The predicted molar refractivity (Wildman–Crippen MR) is 64.4 cm³/mol. The lowest BCUT2D eigenvalue weighted by molar-refractivity contribution is 0.110. The van der Waals surface area contributed by atoms with Crippen molar-refractivity contribution in [2.24, 2.45) is 0 Å². The van der Waals surface area contributed by atoms with Crippen LogP contribution >= 0.6 is 0 Å². The summed E-state index contributed by atoms with van der Waals surface area (Å²) in [5.41, 5.74) is 0. The van der Waals surface area contributed by atoms with Crippen molar-refractivity contribution in [2.45, 2.75) is 13.0 Å². The molecule has 0 fully saturated rings. The molecule has 0 aromatic heterocycles. The summed E-state index contributed by atoms with van der Waals surface area (Å²) in [5.74, 6) is 0. The van der Waals surface area contributed by atoms with Crippen LogP contribution in [0.25, 0.3) is 0 Å². The summed E-state index contributed by atoms with van der Waals surface area (Å²) in [6.07, 6.45) is -0.560. The van der Waals surface area contributed by atoms with Crippen molar-refractivity contribution in [3.63, 3.8) is 0 Å². The number of hydrogen-bond donors (Lipinski definition) is 2. The highest BCUT2D eigenvalue weighted by atomic mass is 28.3. The smallest absolute Gasteiger partial charge is 0.178 e. The van der Waals surface area contributed by atoms with Gasteiger partial charge in [-0.1, -0.05) is 30.3 Å². The average molecular weight is 230 g/mol. The Labute approximate surface area is 90.2 Å². The van der Waals surface area contributed by atoms with Gasteiger partial charge >= 0.3 is 0 Å². The van der Waals surface area contributed by atoms with E-state index >= 15 is 0 Å². The summed E-state index contributed by atoms with van der Waals surface area (Å²) in [7, 11) is 0.546. The maximum Gasteiger partial charge on any atom is 0.178 e. The van der Waals surface area contributed by atoms with E-state index in [1.54, 1.807) is 0 Å². The number of aliphatic hydroxyl groups excluding tert-OH is 2. The van der Waals surface area contributed by atoms with Crippen molar-refractivity contribution < 1.29 is 14.3 Å². The second kappa shape index (κ2) is 9.10. The molecule has 0 aliphatic carbocycles.